The predicted octanol–water partition coefficient (Wildman–Crippen LogP) is 0.856. The molecule has 1 heterocycles. The molecule has 1 aromatic rings. The lowest BCUT2D eigenvalue weighted by atomic mass is 10.0. The number of carboxylic acid groups (broad SMARTS) is 1. The van der Waals surface area contributed by atoms with Gasteiger partial charge in [0.2, 0.25) is 0 Å². The highest BCUT2D eigenvalue weighted by molar-refractivity contribution is 5.95. The summed E-state index contributed by atoms with van der Waals surface area (Å²) in [4.78, 5) is 24.0. The topological polar surface area (TPSA) is 83.6 Å². The molecule has 1 unspecified atom stereocenters. The van der Waals surface area contributed by atoms with Crippen LogP contribution in [0.15, 0.2) is 17.0 Å². The van der Waals surface area contributed by atoms with Crippen molar-refractivity contribution in [2.45, 2.75) is 19.9 Å². The van der Waals surface area contributed by atoms with Gasteiger partial charge in [-0.25, -0.2) is 4.79 Å². The van der Waals surface area contributed by atoms with Gasteiger partial charge in [-0.2, -0.15) is 0 Å². The first-order valence-corrected chi connectivity index (χ1v) is 4.84. The minimum absolute atomic E-state index is 0.175. The number of carbonyl (C=O) groups excluding carboxylic acids is 1. The van der Waals surface area contributed by atoms with Crippen molar-refractivity contribution < 1.29 is 19.2 Å². The third kappa shape index (κ3) is 2.39. The molecule has 0 aliphatic heterocycles. The van der Waals surface area contributed by atoms with Crippen LogP contribution in [0.4, 0.5) is 0 Å². The molecule has 1 amide bonds. The van der Waals surface area contributed by atoms with Crippen LogP contribution in [0.5, 0.6) is 0 Å². The Hall–Kier alpha value is -1.85. The van der Waals surface area contributed by atoms with Gasteiger partial charge in [-0.05, 0) is 5.92 Å². The SMILES string of the molecule is CC(C)C(C(=O)O)N(C)C(=O)c1cnoc1. The van der Waals surface area contributed by atoms with Crippen LogP contribution in [0.1, 0.15) is 24.2 Å². The molecular weight excluding hydrogens is 212 g/mol. The number of carboxylic acids is 1. The number of amides is 1. The Labute approximate surface area is 92.8 Å². The summed E-state index contributed by atoms with van der Waals surface area (Å²) in [5.41, 5.74) is 0.245. The molecule has 0 aliphatic rings. The average molecular weight is 226 g/mol. The molecule has 0 fully saturated rings. The maximum absolute atomic E-state index is 11.8. The van der Waals surface area contributed by atoms with Gasteiger partial charge in [0, 0.05) is 7.05 Å². The van der Waals surface area contributed by atoms with Gasteiger partial charge < -0.3 is 14.5 Å². The second kappa shape index (κ2) is 4.78. The average Bonchev–Trinajstić information content (AvgIpc) is 2.67. The van der Waals surface area contributed by atoms with Gasteiger partial charge in [0.25, 0.3) is 5.91 Å². The van der Waals surface area contributed by atoms with Crippen LogP contribution in [-0.2, 0) is 4.79 Å². The van der Waals surface area contributed by atoms with Crippen molar-refractivity contribution in [3.8, 4) is 0 Å². The molecule has 0 saturated carbocycles. The zero-order valence-corrected chi connectivity index (χ0v) is 9.38. The molecule has 1 N–H and O–H groups in total. The lowest BCUT2D eigenvalue weighted by molar-refractivity contribution is -0.143. The molecule has 0 radical (unpaired) electrons. The molecule has 1 aromatic heterocycles. The molecule has 88 valence electrons. The van der Waals surface area contributed by atoms with Gasteiger partial charge in [0.1, 0.15) is 12.3 Å². The van der Waals surface area contributed by atoms with Crippen molar-refractivity contribution in [2.24, 2.45) is 5.92 Å². The lowest BCUT2D eigenvalue weighted by Crippen LogP contribution is -2.45. The Morgan fingerprint density at radius 3 is 2.50 bits per heavy atom. The van der Waals surface area contributed by atoms with Crippen molar-refractivity contribution in [1.82, 2.24) is 10.1 Å². The fraction of sp³-hybridized carbons (Fsp3) is 0.500. The number of hydrogen-bond donors (Lipinski definition) is 1. The Balaban J connectivity index is 2.87. The first-order chi connectivity index (χ1) is 7.45. The van der Waals surface area contributed by atoms with Crippen LogP contribution in [-0.4, -0.2) is 40.1 Å². The number of nitrogens with zero attached hydrogens (tertiary/aromatic N) is 2. The van der Waals surface area contributed by atoms with Crippen molar-refractivity contribution in [1.29, 1.82) is 0 Å². The molecule has 0 aromatic carbocycles. The van der Waals surface area contributed by atoms with Crippen molar-refractivity contribution in [3.05, 3.63) is 18.0 Å². The maximum Gasteiger partial charge on any atom is 0.326 e. The van der Waals surface area contributed by atoms with E-state index in [1.165, 1.54) is 24.4 Å². The van der Waals surface area contributed by atoms with Gasteiger partial charge in [-0.1, -0.05) is 19.0 Å². The molecule has 0 aliphatic carbocycles. The molecule has 0 saturated heterocycles. The quantitative estimate of drug-likeness (QED) is 0.823. The highest BCUT2D eigenvalue weighted by Crippen LogP contribution is 2.13. The van der Waals surface area contributed by atoms with Gasteiger partial charge in [-0.3, -0.25) is 4.79 Å². The second-order valence-corrected chi connectivity index (χ2v) is 3.86. The van der Waals surface area contributed by atoms with E-state index in [1.54, 1.807) is 13.8 Å². The van der Waals surface area contributed by atoms with Crippen LogP contribution in [0.25, 0.3) is 0 Å². The summed E-state index contributed by atoms with van der Waals surface area (Å²) < 4.78 is 4.54. The maximum atomic E-state index is 11.8. The van der Waals surface area contributed by atoms with Gasteiger partial charge in [-0.15, -0.1) is 0 Å². The van der Waals surface area contributed by atoms with E-state index in [4.69, 9.17) is 5.11 Å². The second-order valence-electron chi connectivity index (χ2n) is 3.86. The smallest absolute Gasteiger partial charge is 0.326 e. The lowest BCUT2D eigenvalue weighted by Gasteiger charge is -2.27. The molecule has 6 nitrogen and oxygen atoms in total. The van der Waals surface area contributed by atoms with Gasteiger partial charge in [0.05, 0.1) is 11.8 Å². The summed E-state index contributed by atoms with van der Waals surface area (Å²) in [6.45, 7) is 3.49. The molecule has 1 rings (SSSR count). The van der Waals surface area contributed by atoms with Crippen molar-refractivity contribution in [3.63, 3.8) is 0 Å². The number of rotatable bonds is 4. The van der Waals surface area contributed by atoms with Crippen LogP contribution < -0.4 is 0 Å². The monoisotopic (exact) mass is 226 g/mol. The van der Waals surface area contributed by atoms with Crippen LogP contribution in [0, 0.1) is 5.92 Å². The van der Waals surface area contributed by atoms with Crippen LogP contribution >= 0.6 is 0 Å². The molecular formula is C10H14N2O4. The zero-order valence-electron chi connectivity index (χ0n) is 9.38. The Morgan fingerprint density at radius 2 is 2.12 bits per heavy atom. The summed E-state index contributed by atoms with van der Waals surface area (Å²) in [7, 11) is 1.45. The Kier molecular flexibility index (Phi) is 3.65. The first kappa shape index (κ1) is 12.2. The highest BCUT2D eigenvalue weighted by Gasteiger charge is 2.30. The number of hydrogen-bond acceptors (Lipinski definition) is 4. The number of likely N-dealkylation sites (N-methyl/N-ethyl adjacent to an activating group) is 1. The van der Waals surface area contributed by atoms with Crippen molar-refractivity contribution in [2.75, 3.05) is 7.05 Å². The zero-order chi connectivity index (χ0) is 12.3. The van der Waals surface area contributed by atoms with E-state index in [0.29, 0.717) is 0 Å². The molecule has 0 bridgehead atoms. The third-order valence-corrected chi connectivity index (χ3v) is 2.30. The Morgan fingerprint density at radius 1 is 1.50 bits per heavy atom. The van der Waals surface area contributed by atoms with Gasteiger partial charge in [0.15, 0.2) is 0 Å². The minimum Gasteiger partial charge on any atom is -0.480 e. The van der Waals surface area contributed by atoms with E-state index in [-0.39, 0.29) is 11.5 Å². The van der Waals surface area contributed by atoms with Crippen molar-refractivity contribution >= 4 is 11.9 Å². The Bertz CT molecular complexity index is 372. The summed E-state index contributed by atoms with van der Waals surface area (Å²) in [5.74, 6) is -1.61. The number of carbonyl (C=O) groups is 2. The normalized spacial score (nSPS) is 12.5. The summed E-state index contributed by atoms with van der Waals surface area (Å²) in [6.07, 6.45) is 2.45. The van der Waals surface area contributed by atoms with E-state index >= 15 is 0 Å². The number of aromatic nitrogens is 1. The summed E-state index contributed by atoms with van der Waals surface area (Å²) in [6, 6.07) is -0.859. The molecule has 0 spiro atoms. The first-order valence-electron chi connectivity index (χ1n) is 4.84. The van der Waals surface area contributed by atoms with E-state index in [2.05, 4.69) is 9.68 Å². The predicted molar refractivity (Wildman–Crippen MR) is 54.9 cm³/mol. The third-order valence-electron chi connectivity index (χ3n) is 2.30. The van der Waals surface area contributed by atoms with E-state index in [0.717, 1.165) is 0 Å². The van der Waals surface area contributed by atoms with E-state index < -0.39 is 17.9 Å². The van der Waals surface area contributed by atoms with Gasteiger partial charge >= 0.3 is 5.97 Å². The fourth-order valence-electron chi connectivity index (χ4n) is 1.54. The fourth-order valence-corrected chi connectivity index (χ4v) is 1.54. The van der Waals surface area contributed by atoms with Crippen LogP contribution in [0.2, 0.25) is 0 Å². The minimum atomic E-state index is -1.03. The molecule has 6 heteroatoms. The highest BCUT2D eigenvalue weighted by atomic mass is 16.5. The number of aliphatic carboxylic acids is 1. The van der Waals surface area contributed by atoms with Crippen LogP contribution in [0.3, 0.4) is 0 Å². The molecule has 16 heavy (non-hydrogen) atoms. The largest absolute Gasteiger partial charge is 0.480 e. The summed E-state index contributed by atoms with van der Waals surface area (Å²) >= 11 is 0. The standard InChI is InChI=1S/C10H14N2O4/c1-6(2)8(10(14)15)12(3)9(13)7-4-11-16-5-7/h4-6,8H,1-3H3,(H,14,15). The molecule has 1 atom stereocenters. The summed E-state index contributed by atoms with van der Waals surface area (Å²) in [5, 5.41) is 12.4. The van der Waals surface area contributed by atoms with E-state index in [1.807, 2.05) is 0 Å². The van der Waals surface area contributed by atoms with E-state index in [9.17, 15) is 9.59 Å².